The molecule has 0 atom stereocenters. The fraction of sp³-hybridized carbons (Fsp3) is 0.286. The van der Waals surface area contributed by atoms with E-state index in [0.717, 1.165) is 43.0 Å². The van der Waals surface area contributed by atoms with E-state index in [1.165, 1.54) is 5.56 Å². The average molecular weight is 486 g/mol. The van der Waals surface area contributed by atoms with E-state index in [0.29, 0.717) is 30.3 Å². The molecule has 1 aliphatic rings. The van der Waals surface area contributed by atoms with Gasteiger partial charge in [-0.1, -0.05) is 42.5 Å². The number of hydrogen-bond donors (Lipinski definition) is 1. The summed E-state index contributed by atoms with van der Waals surface area (Å²) in [6.45, 7) is 4.37. The smallest absolute Gasteiger partial charge is 0.321 e. The first kappa shape index (κ1) is 23.7. The number of nitrogens with zero attached hydrogens (tertiary/aromatic N) is 4. The highest BCUT2D eigenvalue weighted by molar-refractivity contribution is 5.90. The van der Waals surface area contributed by atoms with Crippen molar-refractivity contribution in [3.8, 4) is 11.5 Å². The fourth-order valence-electron chi connectivity index (χ4n) is 4.58. The van der Waals surface area contributed by atoms with Gasteiger partial charge in [0.25, 0.3) is 0 Å². The molecule has 1 aromatic heterocycles. The van der Waals surface area contributed by atoms with Crippen LogP contribution in [0.2, 0.25) is 0 Å². The number of fused-ring (bicyclic) bond motifs is 1. The minimum atomic E-state index is -0.124. The Hall–Kier alpha value is -4.04. The molecule has 0 unspecified atom stereocenters. The number of ether oxygens (including phenoxy) is 2. The van der Waals surface area contributed by atoms with Crippen molar-refractivity contribution in [3.05, 3.63) is 84.2 Å². The first-order chi connectivity index (χ1) is 17.6. The summed E-state index contributed by atoms with van der Waals surface area (Å²) in [6.07, 6.45) is 0. The summed E-state index contributed by atoms with van der Waals surface area (Å²) in [5, 5.41) is 2.97. The van der Waals surface area contributed by atoms with Crippen LogP contribution in [0.1, 0.15) is 11.4 Å². The van der Waals surface area contributed by atoms with Crippen molar-refractivity contribution in [2.45, 2.75) is 13.1 Å². The van der Waals surface area contributed by atoms with E-state index in [4.69, 9.17) is 14.5 Å². The summed E-state index contributed by atoms with van der Waals surface area (Å²) in [4.78, 5) is 22.1. The normalized spacial score (nSPS) is 14.1. The number of para-hydroxylation sites is 2. The Labute approximate surface area is 211 Å². The van der Waals surface area contributed by atoms with Crippen LogP contribution in [-0.4, -0.2) is 65.8 Å². The van der Waals surface area contributed by atoms with Crippen LogP contribution in [0, 0.1) is 0 Å². The van der Waals surface area contributed by atoms with Gasteiger partial charge in [0.1, 0.15) is 17.3 Å². The van der Waals surface area contributed by atoms with Crippen LogP contribution >= 0.6 is 0 Å². The summed E-state index contributed by atoms with van der Waals surface area (Å²) < 4.78 is 12.9. The second kappa shape index (κ2) is 10.7. The molecule has 0 saturated carbocycles. The number of carbonyl (C=O) groups excluding carboxylic acids is 1. The molecule has 8 nitrogen and oxygen atoms in total. The number of amides is 2. The van der Waals surface area contributed by atoms with Crippen LogP contribution in [0.3, 0.4) is 0 Å². The summed E-state index contributed by atoms with van der Waals surface area (Å²) >= 11 is 0. The molecular weight excluding hydrogens is 454 g/mol. The Kier molecular flexibility index (Phi) is 7.04. The molecule has 8 heteroatoms. The van der Waals surface area contributed by atoms with Gasteiger partial charge in [0.2, 0.25) is 0 Å². The van der Waals surface area contributed by atoms with Gasteiger partial charge in [0.15, 0.2) is 0 Å². The van der Waals surface area contributed by atoms with Crippen LogP contribution in [-0.2, 0) is 13.1 Å². The number of urea groups is 1. The zero-order chi connectivity index (χ0) is 24.9. The second-order valence-corrected chi connectivity index (χ2v) is 8.88. The molecule has 0 aliphatic carbocycles. The summed E-state index contributed by atoms with van der Waals surface area (Å²) in [6, 6.07) is 24.0. The number of rotatable bonds is 7. The molecule has 5 rings (SSSR count). The Morgan fingerprint density at radius 3 is 2.22 bits per heavy atom. The maximum absolute atomic E-state index is 12.9. The topological polar surface area (TPSA) is 71.9 Å². The van der Waals surface area contributed by atoms with Crippen molar-refractivity contribution in [3.63, 3.8) is 0 Å². The Balaban J connectivity index is 1.24. The first-order valence-corrected chi connectivity index (χ1v) is 12.1. The van der Waals surface area contributed by atoms with Gasteiger partial charge in [-0.2, -0.15) is 0 Å². The SMILES string of the molecule is COc1cc(NC(=O)N2CCN(Cc3nc4ccccc4n3Cc3ccccc3)CC2)cc(OC)c1. The second-order valence-electron chi connectivity index (χ2n) is 8.88. The minimum absolute atomic E-state index is 0.124. The van der Waals surface area contributed by atoms with Gasteiger partial charge in [-0.15, -0.1) is 0 Å². The number of imidazole rings is 1. The number of piperazine rings is 1. The number of anilines is 1. The summed E-state index contributed by atoms with van der Waals surface area (Å²) in [5.74, 6) is 2.31. The molecule has 1 fully saturated rings. The third kappa shape index (κ3) is 5.28. The number of benzene rings is 3. The van der Waals surface area contributed by atoms with Crippen molar-refractivity contribution in [1.82, 2.24) is 19.4 Å². The first-order valence-electron chi connectivity index (χ1n) is 12.1. The van der Waals surface area contributed by atoms with E-state index in [-0.39, 0.29) is 6.03 Å². The van der Waals surface area contributed by atoms with Gasteiger partial charge in [-0.3, -0.25) is 4.90 Å². The van der Waals surface area contributed by atoms with E-state index in [1.807, 2.05) is 17.0 Å². The standard InChI is InChI=1S/C28H31N5O3/c1-35-23-16-22(17-24(18-23)36-2)29-28(34)32-14-12-31(13-15-32)20-27-30-25-10-6-7-11-26(25)33(27)19-21-8-4-3-5-9-21/h3-11,16-18H,12-15,19-20H2,1-2H3,(H,29,34). The lowest BCUT2D eigenvalue weighted by atomic mass is 10.2. The maximum Gasteiger partial charge on any atom is 0.321 e. The zero-order valence-corrected chi connectivity index (χ0v) is 20.7. The summed E-state index contributed by atoms with van der Waals surface area (Å²) in [7, 11) is 3.18. The largest absolute Gasteiger partial charge is 0.497 e. The Morgan fingerprint density at radius 2 is 1.53 bits per heavy atom. The lowest BCUT2D eigenvalue weighted by Gasteiger charge is -2.34. The molecule has 0 radical (unpaired) electrons. The quantitative estimate of drug-likeness (QED) is 0.419. The highest BCUT2D eigenvalue weighted by atomic mass is 16.5. The molecular formula is C28H31N5O3. The molecule has 36 heavy (non-hydrogen) atoms. The molecule has 0 spiro atoms. The Bertz CT molecular complexity index is 1310. The third-order valence-electron chi connectivity index (χ3n) is 6.54. The lowest BCUT2D eigenvalue weighted by molar-refractivity contribution is 0.140. The molecule has 1 aliphatic heterocycles. The van der Waals surface area contributed by atoms with E-state index in [1.54, 1.807) is 32.4 Å². The molecule has 2 amide bonds. The molecule has 1 N–H and O–H groups in total. The number of aromatic nitrogens is 2. The lowest BCUT2D eigenvalue weighted by Crippen LogP contribution is -2.49. The van der Waals surface area contributed by atoms with Crippen LogP contribution in [0.4, 0.5) is 10.5 Å². The predicted molar refractivity (Wildman–Crippen MR) is 141 cm³/mol. The highest BCUT2D eigenvalue weighted by Gasteiger charge is 2.23. The number of nitrogens with one attached hydrogen (secondary N) is 1. The van der Waals surface area contributed by atoms with Gasteiger partial charge in [-0.05, 0) is 17.7 Å². The van der Waals surface area contributed by atoms with Crippen LogP contribution in [0.25, 0.3) is 11.0 Å². The van der Waals surface area contributed by atoms with E-state index in [9.17, 15) is 4.79 Å². The van der Waals surface area contributed by atoms with Crippen molar-refractivity contribution >= 4 is 22.8 Å². The van der Waals surface area contributed by atoms with Crippen LogP contribution < -0.4 is 14.8 Å². The maximum atomic E-state index is 12.9. The molecule has 1 saturated heterocycles. The van der Waals surface area contributed by atoms with Crippen LogP contribution in [0.15, 0.2) is 72.8 Å². The van der Waals surface area contributed by atoms with Gasteiger partial charge in [0, 0.05) is 56.6 Å². The Morgan fingerprint density at radius 1 is 0.861 bits per heavy atom. The average Bonchev–Trinajstić information content (AvgIpc) is 3.26. The van der Waals surface area contributed by atoms with E-state index in [2.05, 4.69) is 57.2 Å². The van der Waals surface area contributed by atoms with Crippen molar-refractivity contribution < 1.29 is 14.3 Å². The summed E-state index contributed by atoms with van der Waals surface area (Å²) in [5.41, 5.74) is 4.05. The minimum Gasteiger partial charge on any atom is -0.497 e. The van der Waals surface area contributed by atoms with Gasteiger partial charge in [-0.25, -0.2) is 9.78 Å². The molecule has 2 heterocycles. The van der Waals surface area contributed by atoms with Crippen LogP contribution in [0.5, 0.6) is 11.5 Å². The number of carbonyl (C=O) groups is 1. The van der Waals surface area contributed by atoms with Crippen molar-refractivity contribution in [2.24, 2.45) is 0 Å². The molecule has 3 aromatic carbocycles. The zero-order valence-electron chi connectivity index (χ0n) is 20.7. The highest BCUT2D eigenvalue weighted by Crippen LogP contribution is 2.26. The van der Waals surface area contributed by atoms with Gasteiger partial charge >= 0.3 is 6.03 Å². The molecule has 186 valence electrons. The fourth-order valence-corrected chi connectivity index (χ4v) is 4.58. The monoisotopic (exact) mass is 485 g/mol. The van der Waals surface area contributed by atoms with Crippen molar-refractivity contribution in [2.75, 3.05) is 45.7 Å². The van der Waals surface area contributed by atoms with Gasteiger partial charge < -0.3 is 24.3 Å². The molecule has 0 bridgehead atoms. The van der Waals surface area contributed by atoms with E-state index < -0.39 is 0 Å². The van der Waals surface area contributed by atoms with Gasteiger partial charge in [0.05, 0.1) is 31.8 Å². The number of methoxy groups -OCH3 is 2. The molecule has 4 aromatic rings. The van der Waals surface area contributed by atoms with E-state index >= 15 is 0 Å². The predicted octanol–water partition coefficient (Wildman–Crippen LogP) is 4.45. The number of hydrogen-bond acceptors (Lipinski definition) is 5. The van der Waals surface area contributed by atoms with Crippen molar-refractivity contribution in [1.29, 1.82) is 0 Å². The third-order valence-corrected chi connectivity index (χ3v) is 6.54.